The van der Waals surface area contributed by atoms with Crippen LogP contribution >= 0.6 is 0 Å². The summed E-state index contributed by atoms with van der Waals surface area (Å²) in [5.41, 5.74) is -0.0894. The van der Waals surface area contributed by atoms with E-state index in [1.54, 1.807) is 13.0 Å². The van der Waals surface area contributed by atoms with Crippen LogP contribution in [-0.2, 0) is 10.0 Å². The molecule has 0 spiro atoms. The van der Waals surface area contributed by atoms with Gasteiger partial charge in [0.1, 0.15) is 11.0 Å². The fraction of sp³-hybridized carbons (Fsp3) is 0.250. The fourth-order valence-electron chi connectivity index (χ4n) is 0.959. The Kier molecular flexibility index (Phi) is 3.17. The number of nitrogens with zero attached hydrogens (tertiary/aromatic N) is 2. The van der Waals surface area contributed by atoms with Crippen molar-refractivity contribution >= 4 is 10.0 Å². The summed E-state index contributed by atoms with van der Waals surface area (Å²) >= 11 is 0. The van der Waals surface area contributed by atoms with E-state index in [0.717, 1.165) is 0 Å². The summed E-state index contributed by atoms with van der Waals surface area (Å²) in [6.45, 7) is 1.95. The molecular formula is C8H9N3O2S. The van der Waals surface area contributed by atoms with Crippen LogP contribution in [0.25, 0.3) is 0 Å². The first kappa shape index (κ1) is 10.6. The van der Waals surface area contributed by atoms with Crippen LogP contribution in [0.4, 0.5) is 0 Å². The molecule has 0 unspecified atom stereocenters. The number of hydrogen-bond acceptors (Lipinski definition) is 4. The molecule has 0 radical (unpaired) electrons. The molecule has 0 fully saturated rings. The Labute approximate surface area is 82.4 Å². The fourth-order valence-corrected chi connectivity index (χ4v) is 2.11. The number of pyridine rings is 1. The summed E-state index contributed by atoms with van der Waals surface area (Å²) in [6.07, 6.45) is 1.38. The normalized spacial score (nSPS) is 10.9. The van der Waals surface area contributed by atoms with Crippen LogP contribution in [0.3, 0.4) is 0 Å². The predicted molar refractivity (Wildman–Crippen MR) is 49.8 cm³/mol. The van der Waals surface area contributed by atoms with Gasteiger partial charge in [0.05, 0.1) is 0 Å². The van der Waals surface area contributed by atoms with E-state index < -0.39 is 10.0 Å². The quantitative estimate of drug-likeness (QED) is 0.776. The lowest BCUT2D eigenvalue weighted by Crippen LogP contribution is -2.24. The van der Waals surface area contributed by atoms with E-state index in [-0.39, 0.29) is 17.1 Å². The van der Waals surface area contributed by atoms with Crippen molar-refractivity contribution < 1.29 is 8.42 Å². The summed E-state index contributed by atoms with van der Waals surface area (Å²) in [6, 6.07) is 4.56. The highest BCUT2D eigenvalue weighted by atomic mass is 32.2. The van der Waals surface area contributed by atoms with Crippen molar-refractivity contribution in [3.05, 3.63) is 24.0 Å². The Balaban J connectivity index is 3.27. The monoisotopic (exact) mass is 211 g/mol. The zero-order valence-electron chi connectivity index (χ0n) is 7.56. The molecule has 0 aliphatic rings. The van der Waals surface area contributed by atoms with E-state index in [1.807, 2.05) is 0 Å². The number of sulfonamides is 1. The lowest BCUT2D eigenvalue weighted by Gasteiger charge is -2.04. The Bertz CT molecular complexity index is 462. The molecule has 5 nitrogen and oxygen atoms in total. The van der Waals surface area contributed by atoms with Crippen molar-refractivity contribution in [3.63, 3.8) is 0 Å². The van der Waals surface area contributed by atoms with Gasteiger partial charge < -0.3 is 0 Å². The number of nitriles is 1. The highest BCUT2D eigenvalue weighted by molar-refractivity contribution is 7.89. The maximum absolute atomic E-state index is 11.5. The molecule has 0 amide bonds. The Morgan fingerprint density at radius 1 is 1.64 bits per heavy atom. The van der Waals surface area contributed by atoms with E-state index >= 15 is 0 Å². The lowest BCUT2D eigenvalue weighted by atomic mass is 10.4. The number of aromatic nitrogens is 1. The zero-order valence-corrected chi connectivity index (χ0v) is 8.37. The van der Waals surface area contributed by atoms with E-state index in [0.29, 0.717) is 0 Å². The minimum absolute atomic E-state index is 0.0793. The van der Waals surface area contributed by atoms with Gasteiger partial charge in [0.15, 0.2) is 5.69 Å². The van der Waals surface area contributed by atoms with Gasteiger partial charge in [0, 0.05) is 12.7 Å². The first-order valence-corrected chi connectivity index (χ1v) is 5.45. The van der Waals surface area contributed by atoms with Crippen molar-refractivity contribution in [1.82, 2.24) is 9.71 Å². The van der Waals surface area contributed by atoms with Gasteiger partial charge in [-0.25, -0.2) is 18.1 Å². The summed E-state index contributed by atoms with van der Waals surface area (Å²) in [5.74, 6) is 0. The first-order chi connectivity index (χ1) is 6.61. The highest BCUT2D eigenvalue weighted by Crippen LogP contribution is 2.10. The molecule has 1 rings (SSSR count). The van der Waals surface area contributed by atoms with Crippen molar-refractivity contribution in [2.75, 3.05) is 6.54 Å². The third kappa shape index (κ3) is 2.07. The summed E-state index contributed by atoms with van der Waals surface area (Å²) in [5, 5.41) is 8.65. The molecule has 74 valence electrons. The van der Waals surface area contributed by atoms with Crippen LogP contribution in [0.1, 0.15) is 12.6 Å². The average Bonchev–Trinajstić information content (AvgIpc) is 2.18. The molecule has 6 heteroatoms. The van der Waals surface area contributed by atoms with Gasteiger partial charge in [-0.3, -0.25) is 0 Å². The number of hydrogen-bond donors (Lipinski definition) is 1. The zero-order chi connectivity index (χ0) is 10.6. The van der Waals surface area contributed by atoms with Crippen LogP contribution in [0.15, 0.2) is 23.2 Å². The lowest BCUT2D eigenvalue weighted by molar-refractivity contribution is 0.583. The summed E-state index contributed by atoms with van der Waals surface area (Å²) in [4.78, 5) is 3.59. The molecule has 0 aromatic carbocycles. The Morgan fingerprint density at radius 3 is 2.93 bits per heavy atom. The van der Waals surface area contributed by atoms with E-state index in [1.165, 1.54) is 18.3 Å². The largest absolute Gasteiger partial charge is 0.244 e. The SMILES string of the molecule is CCNS(=O)(=O)c1cccnc1C#N. The topological polar surface area (TPSA) is 82.8 Å². The molecule has 0 aliphatic carbocycles. The maximum Gasteiger partial charge on any atom is 0.243 e. The molecule has 1 aromatic heterocycles. The van der Waals surface area contributed by atoms with Crippen molar-refractivity contribution in [2.45, 2.75) is 11.8 Å². The molecule has 1 aromatic rings. The minimum Gasteiger partial charge on any atom is -0.244 e. The maximum atomic E-state index is 11.5. The van der Waals surface area contributed by atoms with E-state index in [2.05, 4.69) is 9.71 Å². The summed E-state index contributed by atoms with van der Waals surface area (Å²) < 4.78 is 25.3. The third-order valence-corrected chi connectivity index (χ3v) is 3.08. The van der Waals surface area contributed by atoms with Gasteiger partial charge in [0.2, 0.25) is 10.0 Å². The number of nitrogens with one attached hydrogen (secondary N) is 1. The molecule has 0 aliphatic heterocycles. The van der Waals surface area contributed by atoms with Crippen LogP contribution in [0.5, 0.6) is 0 Å². The van der Waals surface area contributed by atoms with Gasteiger partial charge in [-0.2, -0.15) is 5.26 Å². The van der Waals surface area contributed by atoms with Gasteiger partial charge >= 0.3 is 0 Å². The molecule has 0 saturated heterocycles. The van der Waals surface area contributed by atoms with Gasteiger partial charge in [-0.05, 0) is 12.1 Å². The van der Waals surface area contributed by atoms with Crippen molar-refractivity contribution in [1.29, 1.82) is 5.26 Å². The van der Waals surface area contributed by atoms with Gasteiger partial charge in [-0.1, -0.05) is 6.92 Å². The summed E-state index contributed by atoms with van der Waals surface area (Å²) in [7, 11) is -3.59. The molecule has 0 bridgehead atoms. The molecular weight excluding hydrogens is 202 g/mol. The van der Waals surface area contributed by atoms with E-state index in [4.69, 9.17) is 5.26 Å². The Morgan fingerprint density at radius 2 is 2.36 bits per heavy atom. The molecule has 1 N–H and O–H groups in total. The minimum atomic E-state index is -3.59. The molecule has 0 atom stereocenters. The average molecular weight is 211 g/mol. The molecule has 0 saturated carbocycles. The second kappa shape index (κ2) is 4.17. The van der Waals surface area contributed by atoms with Crippen LogP contribution < -0.4 is 4.72 Å². The van der Waals surface area contributed by atoms with Gasteiger partial charge in [-0.15, -0.1) is 0 Å². The smallest absolute Gasteiger partial charge is 0.243 e. The molecule has 1 heterocycles. The van der Waals surface area contributed by atoms with E-state index in [9.17, 15) is 8.42 Å². The standard InChI is InChI=1S/C8H9N3O2S/c1-2-11-14(12,13)8-4-3-5-10-7(8)6-9/h3-5,11H,2H2,1H3. The second-order valence-electron chi connectivity index (χ2n) is 2.46. The van der Waals surface area contributed by atoms with Crippen LogP contribution in [0, 0.1) is 11.3 Å². The van der Waals surface area contributed by atoms with Gasteiger partial charge in [0.25, 0.3) is 0 Å². The highest BCUT2D eigenvalue weighted by Gasteiger charge is 2.17. The second-order valence-corrected chi connectivity index (χ2v) is 4.20. The van der Waals surface area contributed by atoms with Crippen molar-refractivity contribution in [2.24, 2.45) is 0 Å². The van der Waals surface area contributed by atoms with Crippen molar-refractivity contribution in [3.8, 4) is 6.07 Å². The Hall–Kier alpha value is -1.45. The number of rotatable bonds is 3. The third-order valence-electron chi connectivity index (χ3n) is 1.50. The van der Waals surface area contributed by atoms with Crippen LogP contribution in [-0.4, -0.2) is 19.9 Å². The predicted octanol–water partition coefficient (Wildman–Crippen LogP) is 0.251. The first-order valence-electron chi connectivity index (χ1n) is 3.96. The molecule has 14 heavy (non-hydrogen) atoms. The van der Waals surface area contributed by atoms with Crippen LogP contribution in [0.2, 0.25) is 0 Å².